The summed E-state index contributed by atoms with van der Waals surface area (Å²) in [6.45, 7) is 6.82. The highest BCUT2D eigenvalue weighted by molar-refractivity contribution is 5.77. The van der Waals surface area contributed by atoms with Gasteiger partial charge in [-0.3, -0.25) is 4.79 Å². The van der Waals surface area contributed by atoms with Crippen LogP contribution in [-0.2, 0) is 9.53 Å². The molecule has 1 aliphatic carbocycles. The molecule has 0 aromatic heterocycles. The molecule has 1 amide bonds. The van der Waals surface area contributed by atoms with E-state index >= 15 is 0 Å². The fourth-order valence-electron chi connectivity index (χ4n) is 3.65. The molecule has 3 nitrogen and oxygen atoms in total. The molecule has 2 rings (SSSR count). The van der Waals surface area contributed by atoms with E-state index in [1.807, 2.05) is 4.90 Å². The number of amides is 1. The number of fused-ring (bicyclic) bond motifs is 1. The number of hydrogen-bond acceptors (Lipinski definition) is 2. The van der Waals surface area contributed by atoms with Crippen molar-refractivity contribution in [2.75, 3.05) is 26.8 Å². The van der Waals surface area contributed by atoms with Crippen LogP contribution < -0.4 is 0 Å². The lowest BCUT2D eigenvalue weighted by Crippen LogP contribution is -2.33. The van der Waals surface area contributed by atoms with Crippen LogP contribution >= 0.6 is 0 Å². The SMILES string of the molecule is CCC1CC2CN(C(=O)COC)CC2C1C. The molecule has 0 radical (unpaired) electrons. The summed E-state index contributed by atoms with van der Waals surface area (Å²) in [6.07, 6.45) is 2.61. The number of nitrogens with zero attached hydrogens (tertiary/aromatic N) is 1. The van der Waals surface area contributed by atoms with Crippen LogP contribution in [0.3, 0.4) is 0 Å². The molecule has 1 saturated carbocycles. The van der Waals surface area contributed by atoms with Crippen LogP contribution in [0.25, 0.3) is 0 Å². The Hall–Kier alpha value is -0.570. The van der Waals surface area contributed by atoms with Gasteiger partial charge in [-0.15, -0.1) is 0 Å². The normalized spacial score (nSPS) is 37.8. The molecule has 0 N–H and O–H groups in total. The van der Waals surface area contributed by atoms with Crippen molar-refractivity contribution < 1.29 is 9.53 Å². The van der Waals surface area contributed by atoms with E-state index in [9.17, 15) is 4.79 Å². The van der Waals surface area contributed by atoms with Gasteiger partial charge in [0.1, 0.15) is 6.61 Å². The Morgan fingerprint density at radius 1 is 1.44 bits per heavy atom. The van der Waals surface area contributed by atoms with Gasteiger partial charge < -0.3 is 9.64 Å². The van der Waals surface area contributed by atoms with E-state index in [1.165, 1.54) is 12.8 Å². The summed E-state index contributed by atoms with van der Waals surface area (Å²) in [5.41, 5.74) is 0. The zero-order valence-electron chi connectivity index (χ0n) is 10.6. The molecule has 2 aliphatic rings. The summed E-state index contributed by atoms with van der Waals surface area (Å²) in [4.78, 5) is 13.7. The maximum atomic E-state index is 11.7. The summed E-state index contributed by atoms with van der Waals surface area (Å²) >= 11 is 0. The predicted octanol–water partition coefficient (Wildman–Crippen LogP) is 1.77. The van der Waals surface area contributed by atoms with Crippen LogP contribution in [0, 0.1) is 23.7 Å². The third kappa shape index (κ3) is 1.97. The van der Waals surface area contributed by atoms with Gasteiger partial charge in [-0.05, 0) is 30.1 Å². The molecule has 16 heavy (non-hydrogen) atoms. The number of ether oxygens (including phenoxy) is 1. The number of carbonyl (C=O) groups is 1. The van der Waals surface area contributed by atoms with Crippen LogP contribution in [0.15, 0.2) is 0 Å². The molecule has 0 spiro atoms. The monoisotopic (exact) mass is 225 g/mol. The second kappa shape index (κ2) is 4.74. The van der Waals surface area contributed by atoms with Crippen LogP contribution in [0.1, 0.15) is 26.7 Å². The van der Waals surface area contributed by atoms with Crippen molar-refractivity contribution in [1.82, 2.24) is 4.90 Å². The van der Waals surface area contributed by atoms with Crippen molar-refractivity contribution in [3.05, 3.63) is 0 Å². The molecule has 4 unspecified atom stereocenters. The van der Waals surface area contributed by atoms with Crippen LogP contribution in [0.4, 0.5) is 0 Å². The van der Waals surface area contributed by atoms with Crippen molar-refractivity contribution in [3.63, 3.8) is 0 Å². The summed E-state index contributed by atoms with van der Waals surface area (Å²) in [5, 5.41) is 0. The largest absolute Gasteiger partial charge is 0.375 e. The molecular weight excluding hydrogens is 202 g/mol. The summed E-state index contributed by atoms with van der Waals surface area (Å²) in [5.74, 6) is 3.33. The van der Waals surface area contributed by atoms with Gasteiger partial charge in [-0.1, -0.05) is 20.3 Å². The standard InChI is InChI=1S/C13H23NO2/c1-4-10-5-11-6-14(13(15)8-16-3)7-12(11)9(10)2/h9-12H,4-8H2,1-3H3. The summed E-state index contributed by atoms with van der Waals surface area (Å²) < 4.78 is 4.92. The molecule has 2 fully saturated rings. The van der Waals surface area contributed by atoms with E-state index in [4.69, 9.17) is 4.74 Å². The molecule has 0 aromatic carbocycles. The topological polar surface area (TPSA) is 29.5 Å². The Morgan fingerprint density at radius 2 is 2.19 bits per heavy atom. The molecule has 0 aromatic rings. The van der Waals surface area contributed by atoms with Gasteiger partial charge in [0, 0.05) is 20.2 Å². The van der Waals surface area contributed by atoms with Crippen molar-refractivity contribution >= 4 is 5.91 Å². The highest BCUT2D eigenvalue weighted by atomic mass is 16.5. The van der Waals surface area contributed by atoms with Crippen molar-refractivity contribution in [2.45, 2.75) is 26.7 Å². The highest BCUT2D eigenvalue weighted by Gasteiger charge is 2.45. The van der Waals surface area contributed by atoms with E-state index in [1.54, 1.807) is 7.11 Å². The van der Waals surface area contributed by atoms with Gasteiger partial charge >= 0.3 is 0 Å². The Kier molecular flexibility index (Phi) is 3.53. The molecule has 92 valence electrons. The molecule has 1 aliphatic heterocycles. The van der Waals surface area contributed by atoms with E-state index < -0.39 is 0 Å². The first kappa shape index (κ1) is 11.9. The minimum absolute atomic E-state index is 0.164. The molecule has 0 bridgehead atoms. The molecule has 1 saturated heterocycles. The molecule has 4 atom stereocenters. The van der Waals surface area contributed by atoms with Gasteiger partial charge in [-0.2, -0.15) is 0 Å². The third-order valence-corrected chi connectivity index (χ3v) is 4.66. The second-order valence-corrected chi connectivity index (χ2v) is 5.42. The first-order chi connectivity index (χ1) is 7.67. The lowest BCUT2D eigenvalue weighted by molar-refractivity contribution is -0.134. The minimum Gasteiger partial charge on any atom is -0.375 e. The van der Waals surface area contributed by atoms with Crippen LogP contribution in [0.5, 0.6) is 0 Å². The van der Waals surface area contributed by atoms with Crippen LogP contribution in [0.2, 0.25) is 0 Å². The quantitative estimate of drug-likeness (QED) is 0.732. The van der Waals surface area contributed by atoms with Gasteiger partial charge in [0.2, 0.25) is 5.91 Å². The number of hydrogen-bond donors (Lipinski definition) is 0. The van der Waals surface area contributed by atoms with E-state index in [0.29, 0.717) is 0 Å². The fourth-order valence-corrected chi connectivity index (χ4v) is 3.65. The second-order valence-electron chi connectivity index (χ2n) is 5.42. The lowest BCUT2D eigenvalue weighted by Gasteiger charge is -2.22. The molecule has 3 heteroatoms. The molecular formula is C13H23NO2. The first-order valence-electron chi connectivity index (χ1n) is 6.44. The first-order valence-corrected chi connectivity index (χ1v) is 6.44. The minimum atomic E-state index is 0.164. The molecule has 1 heterocycles. The van der Waals surface area contributed by atoms with Gasteiger partial charge in [0.25, 0.3) is 0 Å². The van der Waals surface area contributed by atoms with Gasteiger partial charge in [-0.25, -0.2) is 0 Å². The Labute approximate surface area is 98.1 Å². The summed E-state index contributed by atoms with van der Waals surface area (Å²) in [7, 11) is 1.59. The van der Waals surface area contributed by atoms with Crippen molar-refractivity contribution in [3.8, 4) is 0 Å². The average Bonchev–Trinajstić information content (AvgIpc) is 2.79. The Bertz CT molecular complexity index is 267. The maximum absolute atomic E-state index is 11.7. The Morgan fingerprint density at radius 3 is 2.75 bits per heavy atom. The smallest absolute Gasteiger partial charge is 0.248 e. The van der Waals surface area contributed by atoms with E-state index in [0.717, 1.165) is 36.8 Å². The third-order valence-electron chi connectivity index (χ3n) is 4.66. The van der Waals surface area contributed by atoms with E-state index in [-0.39, 0.29) is 12.5 Å². The lowest BCUT2D eigenvalue weighted by atomic mass is 9.89. The summed E-state index contributed by atoms with van der Waals surface area (Å²) in [6, 6.07) is 0. The number of likely N-dealkylation sites (tertiary alicyclic amines) is 1. The number of methoxy groups -OCH3 is 1. The van der Waals surface area contributed by atoms with E-state index in [2.05, 4.69) is 13.8 Å². The van der Waals surface area contributed by atoms with Crippen LogP contribution in [-0.4, -0.2) is 37.6 Å². The zero-order chi connectivity index (χ0) is 11.7. The number of carbonyl (C=O) groups excluding carboxylic acids is 1. The zero-order valence-corrected chi connectivity index (χ0v) is 10.6. The van der Waals surface area contributed by atoms with Crippen molar-refractivity contribution in [2.24, 2.45) is 23.7 Å². The fraction of sp³-hybridized carbons (Fsp3) is 0.923. The number of rotatable bonds is 3. The average molecular weight is 225 g/mol. The van der Waals surface area contributed by atoms with Gasteiger partial charge in [0.15, 0.2) is 0 Å². The van der Waals surface area contributed by atoms with Crippen molar-refractivity contribution in [1.29, 1.82) is 0 Å². The Balaban J connectivity index is 1.93. The van der Waals surface area contributed by atoms with Gasteiger partial charge in [0.05, 0.1) is 0 Å². The highest BCUT2D eigenvalue weighted by Crippen LogP contribution is 2.46. The predicted molar refractivity (Wildman–Crippen MR) is 63.0 cm³/mol. The maximum Gasteiger partial charge on any atom is 0.248 e.